The van der Waals surface area contributed by atoms with Crippen LogP contribution >= 0.6 is 0 Å². The smallest absolute Gasteiger partial charge is 0.231 e. The molecule has 4 heterocycles. The summed E-state index contributed by atoms with van der Waals surface area (Å²) in [6, 6.07) is 9.99. The van der Waals surface area contributed by atoms with Crippen LogP contribution in [0.25, 0.3) is 28.1 Å². The molecule has 4 aromatic rings. The number of rotatable bonds is 4. The first kappa shape index (κ1) is 16.2. The minimum absolute atomic E-state index is 0.00291. The van der Waals surface area contributed by atoms with E-state index >= 15 is 0 Å². The van der Waals surface area contributed by atoms with Gasteiger partial charge in [0.25, 0.3) is 0 Å². The van der Waals surface area contributed by atoms with Gasteiger partial charge in [-0.1, -0.05) is 6.07 Å². The van der Waals surface area contributed by atoms with Crippen molar-refractivity contribution < 1.29 is 18.3 Å². The van der Waals surface area contributed by atoms with Crippen molar-refractivity contribution in [1.82, 2.24) is 19.9 Å². The van der Waals surface area contributed by atoms with Crippen molar-refractivity contribution in [2.24, 2.45) is 0 Å². The molecular weight excluding hydrogens is 351 g/mol. The van der Waals surface area contributed by atoms with E-state index in [0.29, 0.717) is 47.2 Å². The highest BCUT2D eigenvalue weighted by Crippen LogP contribution is 2.29. The van der Waals surface area contributed by atoms with Crippen LogP contribution in [0.2, 0.25) is 0 Å². The molecule has 1 unspecified atom stereocenters. The molecule has 1 aliphatic rings. The van der Waals surface area contributed by atoms with Crippen LogP contribution in [-0.2, 0) is 4.74 Å². The van der Waals surface area contributed by atoms with Gasteiger partial charge in [-0.3, -0.25) is 0 Å². The Labute approximate surface area is 153 Å². The van der Waals surface area contributed by atoms with Gasteiger partial charge in [-0.05, 0) is 24.3 Å². The van der Waals surface area contributed by atoms with Crippen LogP contribution in [0.4, 0.5) is 4.39 Å². The Balaban J connectivity index is 1.46. The van der Waals surface area contributed by atoms with Gasteiger partial charge in [0.2, 0.25) is 5.88 Å². The van der Waals surface area contributed by atoms with E-state index in [9.17, 15) is 4.39 Å². The van der Waals surface area contributed by atoms with Crippen molar-refractivity contribution in [3.8, 4) is 17.3 Å². The number of hydrogen-bond acceptors (Lipinski definition) is 6. The van der Waals surface area contributed by atoms with E-state index < -0.39 is 0 Å². The number of nitrogens with zero attached hydrogens (tertiary/aromatic N) is 3. The molecule has 0 amide bonds. The van der Waals surface area contributed by atoms with Gasteiger partial charge in [0, 0.05) is 19.2 Å². The maximum absolute atomic E-state index is 14.0. The summed E-state index contributed by atoms with van der Waals surface area (Å²) in [7, 11) is 0. The number of aromatic nitrogens is 3. The zero-order valence-corrected chi connectivity index (χ0v) is 14.4. The van der Waals surface area contributed by atoms with Gasteiger partial charge in [-0.15, -0.1) is 5.10 Å². The Morgan fingerprint density at radius 2 is 2.26 bits per heavy atom. The molecule has 8 heteroatoms. The lowest BCUT2D eigenvalue weighted by Crippen LogP contribution is -2.41. The Morgan fingerprint density at radius 1 is 1.30 bits per heavy atom. The van der Waals surface area contributed by atoms with Crippen molar-refractivity contribution in [2.45, 2.75) is 6.10 Å². The first-order valence-electron chi connectivity index (χ1n) is 8.76. The molecule has 1 saturated heterocycles. The van der Waals surface area contributed by atoms with E-state index in [0.717, 1.165) is 13.1 Å². The number of hydrogen-bond donors (Lipinski definition) is 1. The summed E-state index contributed by atoms with van der Waals surface area (Å²) in [5, 5.41) is 8.18. The van der Waals surface area contributed by atoms with Gasteiger partial charge in [-0.2, -0.15) is 0 Å². The molecule has 0 radical (unpaired) electrons. The molecule has 1 N–H and O–H groups in total. The molecule has 138 valence electrons. The molecule has 0 aliphatic carbocycles. The summed E-state index contributed by atoms with van der Waals surface area (Å²) < 4.78 is 32.8. The van der Waals surface area contributed by atoms with E-state index in [1.54, 1.807) is 35.0 Å². The topological polar surface area (TPSA) is 73.8 Å². The number of benzene rings is 1. The van der Waals surface area contributed by atoms with Crippen molar-refractivity contribution in [2.75, 3.05) is 26.3 Å². The number of ether oxygens (including phenoxy) is 2. The Kier molecular flexibility index (Phi) is 3.99. The van der Waals surface area contributed by atoms with E-state index in [2.05, 4.69) is 15.4 Å². The molecule has 5 rings (SSSR count). The molecule has 1 aromatic carbocycles. The second-order valence-electron chi connectivity index (χ2n) is 6.36. The molecule has 0 bridgehead atoms. The number of fused-ring (bicyclic) bond motifs is 2. The Morgan fingerprint density at radius 3 is 3.11 bits per heavy atom. The van der Waals surface area contributed by atoms with Crippen LogP contribution in [0.15, 0.2) is 47.0 Å². The highest BCUT2D eigenvalue weighted by atomic mass is 19.1. The predicted molar refractivity (Wildman–Crippen MR) is 96.3 cm³/mol. The standard InChI is InChI=1S/C19H17FN4O3/c20-14-2-1-3-16-13(14)8-17(27-16)15-10-22-18-4-5-19(23-24(15)18)26-11-12-9-21-6-7-25-12/h1-5,8,10,12,21H,6-7,9,11H2. The number of nitrogens with one attached hydrogen (secondary N) is 1. The van der Waals surface area contributed by atoms with Gasteiger partial charge in [0.05, 0.1) is 18.2 Å². The monoisotopic (exact) mass is 368 g/mol. The van der Waals surface area contributed by atoms with Crippen molar-refractivity contribution >= 4 is 16.6 Å². The number of imidazole rings is 1. The molecule has 0 spiro atoms. The van der Waals surface area contributed by atoms with Crippen LogP contribution in [0.3, 0.4) is 0 Å². The summed E-state index contributed by atoms with van der Waals surface area (Å²) >= 11 is 0. The Hall–Kier alpha value is -2.97. The fourth-order valence-corrected chi connectivity index (χ4v) is 3.16. The lowest BCUT2D eigenvalue weighted by Gasteiger charge is -2.23. The fraction of sp³-hybridized carbons (Fsp3) is 0.263. The van der Waals surface area contributed by atoms with Crippen LogP contribution in [0, 0.1) is 5.82 Å². The third-order valence-electron chi connectivity index (χ3n) is 4.52. The lowest BCUT2D eigenvalue weighted by atomic mass is 10.2. The maximum atomic E-state index is 14.0. The summed E-state index contributed by atoms with van der Waals surface area (Å²) in [5.74, 6) is 0.625. The second-order valence-corrected chi connectivity index (χ2v) is 6.36. The van der Waals surface area contributed by atoms with Gasteiger partial charge < -0.3 is 19.2 Å². The fourth-order valence-electron chi connectivity index (χ4n) is 3.16. The van der Waals surface area contributed by atoms with E-state index in [4.69, 9.17) is 13.9 Å². The lowest BCUT2D eigenvalue weighted by molar-refractivity contribution is -0.000968. The SMILES string of the molecule is Fc1cccc2oc(-c3cnc4ccc(OCC5CNCCO5)nn34)cc12. The first-order valence-corrected chi connectivity index (χ1v) is 8.76. The quantitative estimate of drug-likeness (QED) is 0.597. The normalized spacial score (nSPS) is 17.6. The highest BCUT2D eigenvalue weighted by Gasteiger charge is 2.17. The summed E-state index contributed by atoms with van der Waals surface area (Å²) in [6.07, 6.45) is 1.65. The third kappa shape index (κ3) is 3.02. The van der Waals surface area contributed by atoms with Gasteiger partial charge in [0.15, 0.2) is 11.4 Å². The minimum Gasteiger partial charge on any atom is -0.474 e. The van der Waals surface area contributed by atoms with E-state index in [1.165, 1.54) is 6.07 Å². The first-order chi connectivity index (χ1) is 13.3. The number of halogens is 1. The van der Waals surface area contributed by atoms with E-state index in [1.807, 2.05) is 6.07 Å². The molecular formula is C19H17FN4O3. The summed E-state index contributed by atoms with van der Waals surface area (Å²) in [6.45, 7) is 2.69. The van der Waals surface area contributed by atoms with Crippen LogP contribution in [-0.4, -0.2) is 47.0 Å². The third-order valence-corrected chi connectivity index (χ3v) is 4.52. The van der Waals surface area contributed by atoms with Crippen LogP contribution in [0.1, 0.15) is 0 Å². The second kappa shape index (κ2) is 6.64. The molecule has 0 saturated carbocycles. The molecule has 27 heavy (non-hydrogen) atoms. The van der Waals surface area contributed by atoms with Crippen LogP contribution in [0.5, 0.6) is 5.88 Å². The molecule has 1 aliphatic heterocycles. The predicted octanol–water partition coefficient (Wildman–Crippen LogP) is 2.65. The largest absolute Gasteiger partial charge is 0.474 e. The zero-order chi connectivity index (χ0) is 18.2. The average Bonchev–Trinajstić information content (AvgIpc) is 3.31. The Bertz CT molecular complexity index is 1100. The number of morpholine rings is 1. The van der Waals surface area contributed by atoms with E-state index in [-0.39, 0.29) is 11.9 Å². The van der Waals surface area contributed by atoms with Gasteiger partial charge in [-0.25, -0.2) is 13.9 Å². The zero-order valence-electron chi connectivity index (χ0n) is 14.4. The summed E-state index contributed by atoms with van der Waals surface area (Å²) in [4.78, 5) is 4.34. The van der Waals surface area contributed by atoms with Crippen LogP contribution < -0.4 is 10.1 Å². The number of furan rings is 1. The van der Waals surface area contributed by atoms with Crippen molar-refractivity contribution in [1.29, 1.82) is 0 Å². The van der Waals surface area contributed by atoms with Gasteiger partial charge >= 0.3 is 0 Å². The highest BCUT2D eigenvalue weighted by molar-refractivity contribution is 5.83. The molecule has 7 nitrogen and oxygen atoms in total. The van der Waals surface area contributed by atoms with Crippen molar-refractivity contribution in [3.05, 3.63) is 48.4 Å². The van der Waals surface area contributed by atoms with Crippen molar-refractivity contribution in [3.63, 3.8) is 0 Å². The molecule has 1 atom stereocenters. The van der Waals surface area contributed by atoms with Gasteiger partial charge in [0.1, 0.15) is 29.8 Å². The molecule has 3 aromatic heterocycles. The minimum atomic E-state index is -0.325. The molecule has 1 fully saturated rings. The average molecular weight is 368 g/mol. The maximum Gasteiger partial charge on any atom is 0.231 e. The summed E-state index contributed by atoms with van der Waals surface area (Å²) in [5.41, 5.74) is 1.75.